The fourth-order valence-corrected chi connectivity index (χ4v) is 0.857. The van der Waals surface area contributed by atoms with Crippen LogP contribution in [-0.2, 0) is 0 Å². The van der Waals surface area contributed by atoms with Crippen LogP contribution in [0.5, 0.6) is 0 Å². The molecule has 0 fully saturated rings. The van der Waals surface area contributed by atoms with Crippen LogP contribution in [0.2, 0.25) is 0 Å². The van der Waals surface area contributed by atoms with Crippen LogP contribution in [0.25, 0.3) is 0 Å². The number of nitrogens with two attached hydrogens (primary N) is 1. The Morgan fingerprint density at radius 1 is 1.67 bits per heavy atom. The first kappa shape index (κ1) is 6.51. The van der Waals surface area contributed by atoms with Gasteiger partial charge < -0.3 is 5.43 Å². The molecular weight excluding hydrogens is 182 g/mol. The third kappa shape index (κ3) is 1.65. The summed E-state index contributed by atoms with van der Waals surface area (Å²) in [7, 11) is 0. The first-order valence-electron chi connectivity index (χ1n) is 2.41. The lowest BCUT2D eigenvalue weighted by Gasteiger charge is -1.96. The van der Waals surface area contributed by atoms with Crippen LogP contribution >= 0.6 is 15.9 Å². The van der Waals surface area contributed by atoms with Crippen molar-refractivity contribution in [2.45, 2.75) is 0 Å². The second kappa shape index (κ2) is 2.80. The molecule has 0 radical (unpaired) electrons. The SMILES string of the molecule is NNc1ccnc(Br)c1. The van der Waals surface area contributed by atoms with Gasteiger partial charge in [0.2, 0.25) is 0 Å². The zero-order valence-corrected chi connectivity index (χ0v) is 6.22. The second-order valence-electron chi connectivity index (χ2n) is 1.51. The summed E-state index contributed by atoms with van der Waals surface area (Å²) in [6.07, 6.45) is 1.67. The molecule has 4 heteroatoms. The first-order valence-corrected chi connectivity index (χ1v) is 3.20. The lowest BCUT2D eigenvalue weighted by Crippen LogP contribution is -2.06. The normalized spacial score (nSPS) is 9.11. The van der Waals surface area contributed by atoms with Crippen molar-refractivity contribution in [1.82, 2.24) is 4.98 Å². The van der Waals surface area contributed by atoms with Crippen molar-refractivity contribution >= 4 is 21.6 Å². The molecule has 1 aromatic heterocycles. The van der Waals surface area contributed by atoms with E-state index >= 15 is 0 Å². The number of rotatable bonds is 1. The Morgan fingerprint density at radius 2 is 2.44 bits per heavy atom. The number of nitrogen functional groups attached to an aromatic ring is 1. The molecule has 3 nitrogen and oxygen atoms in total. The topological polar surface area (TPSA) is 50.9 Å². The van der Waals surface area contributed by atoms with Crippen LogP contribution in [-0.4, -0.2) is 4.98 Å². The number of nitrogens with zero attached hydrogens (tertiary/aromatic N) is 1. The number of hydrogen-bond acceptors (Lipinski definition) is 3. The molecule has 0 aliphatic carbocycles. The van der Waals surface area contributed by atoms with Crippen LogP contribution in [0.15, 0.2) is 22.9 Å². The van der Waals surface area contributed by atoms with E-state index in [1.807, 2.05) is 0 Å². The van der Waals surface area contributed by atoms with Crippen LogP contribution in [0.3, 0.4) is 0 Å². The van der Waals surface area contributed by atoms with E-state index in [0.29, 0.717) is 0 Å². The summed E-state index contributed by atoms with van der Waals surface area (Å²) in [4.78, 5) is 3.91. The van der Waals surface area contributed by atoms with Gasteiger partial charge >= 0.3 is 0 Å². The van der Waals surface area contributed by atoms with Gasteiger partial charge in [0.05, 0.1) is 5.69 Å². The molecular formula is C5H6BrN3. The summed E-state index contributed by atoms with van der Waals surface area (Å²) in [6, 6.07) is 3.57. The molecule has 0 aliphatic heterocycles. The predicted octanol–water partition coefficient (Wildman–Crippen LogP) is 1.13. The van der Waals surface area contributed by atoms with Crippen LogP contribution < -0.4 is 11.3 Å². The average Bonchev–Trinajstić information content (AvgIpc) is 1.88. The highest BCUT2D eigenvalue weighted by Crippen LogP contribution is 2.10. The van der Waals surface area contributed by atoms with E-state index in [-0.39, 0.29) is 0 Å². The van der Waals surface area contributed by atoms with E-state index in [9.17, 15) is 0 Å². The number of aromatic nitrogens is 1. The Bertz CT molecular complexity index is 201. The highest BCUT2D eigenvalue weighted by molar-refractivity contribution is 9.10. The second-order valence-corrected chi connectivity index (χ2v) is 2.32. The molecule has 0 aromatic carbocycles. The number of pyridine rings is 1. The van der Waals surface area contributed by atoms with Crippen molar-refractivity contribution in [1.29, 1.82) is 0 Å². The standard InChI is InChI=1S/C5H6BrN3/c6-5-3-4(9-7)1-2-8-5/h1-3H,7H2,(H,8,9). The largest absolute Gasteiger partial charge is 0.324 e. The van der Waals surface area contributed by atoms with Gasteiger partial charge in [-0.3, -0.25) is 5.84 Å². The lowest BCUT2D eigenvalue weighted by molar-refractivity contribution is 1.25. The van der Waals surface area contributed by atoms with Crippen LogP contribution in [0.1, 0.15) is 0 Å². The van der Waals surface area contributed by atoms with Crippen molar-refractivity contribution in [3.8, 4) is 0 Å². The summed E-state index contributed by atoms with van der Waals surface area (Å²) in [5.74, 6) is 5.12. The maximum absolute atomic E-state index is 5.12. The predicted molar refractivity (Wildman–Crippen MR) is 39.7 cm³/mol. The molecule has 1 rings (SSSR count). The average molecular weight is 188 g/mol. The minimum absolute atomic E-state index is 0.776. The maximum atomic E-state index is 5.12. The fraction of sp³-hybridized carbons (Fsp3) is 0. The van der Waals surface area contributed by atoms with Crippen LogP contribution in [0, 0.1) is 0 Å². The minimum atomic E-state index is 0.776. The van der Waals surface area contributed by atoms with E-state index in [0.717, 1.165) is 10.3 Å². The Balaban J connectivity index is 2.94. The maximum Gasteiger partial charge on any atom is 0.108 e. The molecule has 0 bridgehead atoms. The molecule has 0 saturated heterocycles. The van der Waals surface area contributed by atoms with Crippen molar-refractivity contribution in [2.24, 2.45) is 5.84 Å². The first-order chi connectivity index (χ1) is 4.33. The summed E-state index contributed by atoms with van der Waals surface area (Å²) in [5.41, 5.74) is 3.34. The van der Waals surface area contributed by atoms with Gasteiger partial charge in [0.1, 0.15) is 4.60 Å². The van der Waals surface area contributed by atoms with Crippen LogP contribution in [0.4, 0.5) is 5.69 Å². The van der Waals surface area contributed by atoms with Crippen molar-refractivity contribution in [3.63, 3.8) is 0 Å². The molecule has 9 heavy (non-hydrogen) atoms. The van der Waals surface area contributed by atoms with Crippen molar-refractivity contribution in [2.75, 3.05) is 5.43 Å². The number of nitrogens with one attached hydrogen (secondary N) is 1. The fourth-order valence-electron chi connectivity index (χ4n) is 0.492. The Hall–Kier alpha value is -0.610. The van der Waals surface area contributed by atoms with E-state index in [1.165, 1.54) is 0 Å². The molecule has 0 atom stereocenters. The monoisotopic (exact) mass is 187 g/mol. The van der Waals surface area contributed by atoms with Gasteiger partial charge in [-0.1, -0.05) is 0 Å². The minimum Gasteiger partial charge on any atom is -0.324 e. The Kier molecular flexibility index (Phi) is 2.02. The van der Waals surface area contributed by atoms with E-state index in [2.05, 4.69) is 26.3 Å². The third-order valence-electron chi connectivity index (χ3n) is 0.893. The van der Waals surface area contributed by atoms with Gasteiger partial charge in [-0.05, 0) is 28.1 Å². The zero-order chi connectivity index (χ0) is 6.69. The van der Waals surface area contributed by atoms with Gasteiger partial charge in [0.15, 0.2) is 0 Å². The van der Waals surface area contributed by atoms with Crippen molar-refractivity contribution < 1.29 is 0 Å². The summed E-state index contributed by atoms with van der Waals surface area (Å²) in [6.45, 7) is 0. The summed E-state index contributed by atoms with van der Waals surface area (Å²) >= 11 is 3.20. The highest BCUT2D eigenvalue weighted by Gasteiger charge is 1.87. The molecule has 0 unspecified atom stereocenters. The van der Waals surface area contributed by atoms with Gasteiger partial charge in [-0.15, -0.1) is 0 Å². The third-order valence-corrected chi connectivity index (χ3v) is 1.33. The van der Waals surface area contributed by atoms with Gasteiger partial charge in [0.25, 0.3) is 0 Å². The molecule has 0 spiro atoms. The van der Waals surface area contributed by atoms with Gasteiger partial charge in [-0.2, -0.15) is 0 Å². The number of halogens is 1. The number of hydrogen-bond donors (Lipinski definition) is 2. The van der Waals surface area contributed by atoms with E-state index in [1.54, 1.807) is 18.3 Å². The highest BCUT2D eigenvalue weighted by atomic mass is 79.9. The van der Waals surface area contributed by atoms with E-state index in [4.69, 9.17) is 5.84 Å². The van der Waals surface area contributed by atoms with Crippen molar-refractivity contribution in [3.05, 3.63) is 22.9 Å². The molecule has 0 amide bonds. The molecule has 48 valence electrons. The summed E-state index contributed by atoms with van der Waals surface area (Å²) < 4.78 is 0.776. The number of hydrazine groups is 1. The lowest BCUT2D eigenvalue weighted by atomic mass is 10.4. The molecule has 1 aromatic rings. The molecule has 1 heterocycles. The Labute approximate surface area is 61.4 Å². The smallest absolute Gasteiger partial charge is 0.108 e. The zero-order valence-electron chi connectivity index (χ0n) is 4.63. The Morgan fingerprint density at radius 3 is 2.89 bits per heavy atom. The quantitative estimate of drug-likeness (QED) is 0.394. The summed E-state index contributed by atoms with van der Waals surface area (Å²) in [5, 5.41) is 0. The number of anilines is 1. The molecule has 3 N–H and O–H groups in total. The molecule has 0 saturated carbocycles. The molecule has 0 aliphatic rings. The van der Waals surface area contributed by atoms with Gasteiger partial charge in [-0.25, -0.2) is 4.98 Å². The van der Waals surface area contributed by atoms with E-state index < -0.39 is 0 Å². The van der Waals surface area contributed by atoms with Gasteiger partial charge in [0, 0.05) is 6.20 Å².